The minimum absolute atomic E-state index is 0.00393. The van der Waals surface area contributed by atoms with Crippen molar-refractivity contribution in [1.82, 2.24) is 0 Å². The quantitative estimate of drug-likeness (QED) is 0.394. The number of nitrogens with zero attached hydrogens (tertiary/aromatic N) is 1. The Morgan fingerprint density at radius 1 is 1.00 bits per heavy atom. The lowest BCUT2D eigenvalue weighted by Crippen LogP contribution is -2.34. The van der Waals surface area contributed by atoms with Crippen LogP contribution in [0.5, 0.6) is 5.75 Å². The van der Waals surface area contributed by atoms with E-state index in [4.69, 9.17) is 9.84 Å². The summed E-state index contributed by atoms with van der Waals surface area (Å²) < 4.78 is 74.0. The number of hydrogen-bond donors (Lipinski definition) is 1. The minimum atomic E-state index is -4.67. The summed E-state index contributed by atoms with van der Waals surface area (Å²) in [6.07, 6.45) is -4.67. The van der Waals surface area contributed by atoms with Crippen molar-refractivity contribution in [2.45, 2.75) is 31.5 Å². The largest absolute Gasteiger partial charge is 0.487 e. The lowest BCUT2D eigenvalue weighted by Gasteiger charge is -2.28. The topological polar surface area (TPSA) is 83.9 Å². The molecule has 3 aromatic carbocycles. The predicted octanol–water partition coefficient (Wildman–Crippen LogP) is 5.83. The number of anilines is 1. The first-order chi connectivity index (χ1) is 16.4. The van der Waals surface area contributed by atoms with Gasteiger partial charge in [0, 0.05) is 6.54 Å². The second-order valence-corrected chi connectivity index (χ2v) is 10.1. The molecular weight excluding hydrogens is 483 g/mol. The van der Waals surface area contributed by atoms with Crippen LogP contribution in [0.25, 0.3) is 0 Å². The summed E-state index contributed by atoms with van der Waals surface area (Å²) in [5.41, 5.74) is -0.470. The van der Waals surface area contributed by atoms with Gasteiger partial charge in [0.05, 0.1) is 21.7 Å². The molecule has 0 saturated heterocycles. The van der Waals surface area contributed by atoms with E-state index in [1.54, 1.807) is 32.0 Å². The fraction of sp³-hybridized carbons (Fsp3) is 0.240. The normalized spacial score (nSPS) is 11.9. The lowest BCUT2D eigenvalue weighted by molar-refractivity contribution is -0.137. The summed E-state index contributed by atoms with van der Waals surface area (Å²) in [6, 6.07) is 15.9. The third-order valence-corrected chi connectivity index (χ3v) is 6.81. The second kappa shape index (κ2) is 10.4. The van der Waals surface area contributed by atoms with Crippen LogP contribution in [0.2, 0.25) is 0 Å². The van der Waals surface area contributed by atoms with Gasteiger partial charge in [0.25, 0.3) is 10.0 Å². The number of alkyl halides is 3. The Morgan fingerprint density at radius 3 is 2.17 bits per heavy atom. The highest BCUT2D eigenvalue weighted by atomic mass is 32.2. The van der Waals surface area contributed by atoms with Crippen LogP contribution in [0.3, 0.4) is 0 Å². The molecule has 0 spiro atoms. The molecule has 3 aromatic rings. The monoisotopic (exact) mass is 507 g/mol. The highest BCUT2D eigenvalue weighted by Gasteiger charge is 2.34. The Morgan fingerprint density at radius 2 is 1.63 bits per heavy atom. The summed E-state index contributed by atoms with van der Waals surface area (Å²) >= 11 is 0. The number of hydrogen-bond acceptors (Lipinski definition) is 4. The molecule has 0 fully saturated rings. The van der Waals surface area contributed by atoms with Gasteiger partial charge in [-0.05, 0) is 53.9 Å². The van der Waals surface area contributed by atoms with Gasteiger partial charge < -0.3 is 9.84 Å². The van der Waals surface area contributed by atoms with Crippen molar-refractivity contribution in [2.75, 3.05) is 10.8 Å². The van der Waals surface area contributed by atoms with Crippen molar-refractivity contribution in [3.8, 4) is 5.75 Å². The number of carboxylic acids is 1. The number of ether oxygens (including phenoxy) is 1. The van der Waals surface area contributed by atoms with E-state index in [-0.39, 0.29) is 41.0 Å². The van der Waals surface area contributed by atoms with Gasteiger partial charge in [-0.15, -0.1) is 0 Å². The van der Waals surface area contributed by atoms with Gasteiger partial charge in [0.15, 0.2) is 0 Å². The molecule has 0 bridgehead atoms. The Kier molecular flexibility index (Phi) is 7.74. The highest BCUT2D eigenvalue weighted by molar-refractivity contribution is 7.92. The van der Waals surface area contributed by atoms with Gasteiger partial charge >= 0.3 is 12.1 Å². The van der Waals surface area contributed by atoms with Crippen LogP contribution in [0, 0.1) is 5.92 Å². The van der Waals surface area contributed by atoms with Crippen molar-refractivity contribution in [1.29, 1.82) is 0 Å². The van der Waals surface area contributed by atoms with Crippen LogP contribution < -0.4 is 9.04 Å². The molecule has 0 aliphatic carbocycles. The van der Waals surface area contributed by atoms with Crippen LogP contribution >= 0.6 is 0 Å². The molecule has 0 aliphatic heterocycles. The number of halogens is 3. The molecular formula is C25H24F3NO5S. The van der Waals surface area contributed by atoms with Crippen LogP contribution in [-0.2, 0) is 22.8 Å². The summed E-state index contributed by atoms with van der Waals surface area (Å²) in [6.45, 7) is 3.39. The fourth-order valence-electron chi connectivity index (χ4n) is 3.29. The van der Waals surface area contributed by atoms with Crippen molar-refractivity contribution >= 4 is 21.7 Å². The molecule has 0 aromatic heterocycles. The molecule has 0 saturated carbocycles. The van der Waals surface area contributed by atoms with Crippen LogP contribution in [0.1, 0.15) is 35.3 Å². The zero-order chi connectivity index (χ0) is 25.8. The highest BCUT2D eigenvalue weighted by Crippen LogP contribution is 2.39. The second-order valence-electron chi connectivity index (χ2n) is 8.21. The van der Waals surface area contributed by atoms with Crippen molar-refractivity contribution < 1.29 is 36.2 Å². The molecule has 0 amide bonds. The summed E-state index contributed by atoms with van der Waals surface area (Å²) in [5.74, 6) is -1.53. The third kappa shape index (κ3) is 6.33. The molecule has 35 heavy (non-hydrogen) atoms. The van der Waals surface area contributed by atoms with E-state index < -0.39 is 27.7 Å². The molecule has 6 nitrogen and oxygen atoms in total. The summed E-state index contributed by atoms with van der Waals surface area (Å²) in [4.78, 5) is 11.0. The predicted molar refractivity (Wildman–Crippen MR) is 125 cm³/mol. The average molecular weight is 508 g/mol. The molecule has 10 heteroatoms. The van der Waals surface area contributed by atoms with Crippen molar-refractivity contribution in [3.05, 3.63) is 89.5 Å². The van der Waals surface area contributed by atoms with Crippen LogP contribution in [0.15, 0.2) is 77.7 Å². The van der Waals surface area contributed by atoms with Crippen LogP contribution in [-0.4, -0.2) is 26.0 Å². The minimum Gasteiger partial charge on any atom is -0.487 e. The average Bonchev–Trinajstić information content (AvgIpc) is 2.81. The van der Waals surface area contributed by atoms with E-state index in [0.717, 1.165) is 22.5 Å². The van der Waals surface area contributed by atoms with E-state index in [1.165, 1.54) is 36.4 Å². The maximum atomic E-state index is 13.5. The zero-order valence-electron chi connectivity index (χ0n) is 19.0. The number of carboxylic acid groups (broad SMARTS) is 1. The Balaban J connectivity index is 2.06. The van der Waals surface area contributed by atoms with Gasteiger partial charge in [0.1, 0.15) is 12.4 Å². The molecule has 0 atom stereocenters. The van der Waals surface area contributed by atoms with E-state index in [2.05, 4.69) is 0 Å². The Hall–Kier alpha value is -3.53. The zero-order valence-corrected chi connectivity index (χ0v) is 19.8. The van der Waals surface area contributed by atoms with E-state index in [0.29, 0.717) is 5.56 Å². The molecule has 186 valence electrons. The number of rotatable bonds is 9. The molecule has 0 unspecified atom stereocenters. The fourth-order valence-corrected chi connectivity index (χ4v) is 4.95. The van der Waals surface area contributed by atoms with Crippen molar-refractivity contribution in [3.63, 3.8) is 0 Å². The molecule has 3 rings (SSSR count). The van der Waals surface area contributed by atoms with Crippen molar-refractivity contribution in [2.24, 2.45) is 5.92 Å². The number of carbonyl (C=O) groups is 1. The summed E-state index contributed by atoms with van der Waals surface area (Å²) in [5, 5.41) is 9.03. The lowest BCUT2D eigenvalue weighted by atomic mass is 10.1. The third-order valence-electron chi connectivity index (χ3n) is 5.01. The maximum absolute atomic E-state index is 13.5. The van der Waals surface area contributed by atoms with E-state index in [9.17, 15) is 26.4 Å². The van der Waals surface area contributed by atoms with E-state index in [1.807, 2.05) is 0 Å². The number of aromatic carboxylic acids is 1. The van der Waals surface area contributed by atoms with Crippen LogP contribution in [0.4, 0.5) is 18.9 Å². The van der Waals surface area contributed by atoms with E-state index >= 15 is 0 Å². The first kappa shape index (κ1) is 26.1. The van der Waals surface area contributed by atoms with Gasteiger partial charge in [0.2, 0.25) is 0 Å². The van der Waals surface area contributed by atoms with Gasteiger partial charge in [-0.2, -0.15) is 13.2 Å². The molecule has 0 heterocycles. The molecule has 0 aliphatic rings. The molecule has 1 N–H and O–H groups in total. The SMILES string of the molecule is CC(C)CN(c1ccc(C(F)(F)F)cc1OCc1ccc(C(=O)O)cc1)S(=O)(=O)c1ccccc1. The standard InChI is InChI=1S/C25H24F3NO5S/c1-17(2)15-29(35(32,33)21-6-4-3-5-7-21)22-13-12-20(25(26,27)28)14-23(22)34-16-18-8-10-19(11-9-18)24(30)31/h3-14,17H,15-16H2,1-2H3,(H,30,31). The number of sulfonamides is 1. The number of benzene rings is 3. The van der Waals surface area contributed by atoms with Gasteiger partial charge in [-0.3, -0.25) is 4.31 Å². The summed E-state index contributed by atoms with van der Waals surface area (Å²) in [7, 11) is -4.11. The first-order valence-electron chi connectivity index (χ1n) is 10.6. The molecule has 0 radical (unpaired) electrons. The maximum Gasteiger partial charge on any atom is 0.416 e. The van der Waals surface area contributed by atoms with Gasteiger partial charge in [-0.25, -0.2) is 13.2 Å². The smallest absolute Gasteiger partial charge is 0.416 e. The Labute approximate surface area is 201 Å². The Bertz CT molecular complexity index is 1270. The first-order valence-corrected chi connectivity index (χ1v) is 12.1. The van der Waals surface area contributed by atoms with Gasteiger partial charge in [-0.1, -0.05) is 44.2 Å².